The van der Waals surface area contributed by atoms with Crippen LogP contribution in [0.2, 0.25) is 0 Å². The molecule has 2 rings (SSSR count). The van der Waals surface area contributed by atoms with Gasteiger partial charge in [-0.3, -0.25) is 4.79 Å². The molecule has 0 spiro atoms. The van der Waals surface area contributed by atoms with Crippen molar-refractivity contribution in [1.82, 2.24) is 4.90 Å². The summed E-state index contributed by atoms with van der Waals surface area (Å²) in [7, 11) is 3.01. The molecule has 0 radical (unpaired) electrons. The third kappa shape index (κ3) is 2.41. The molecule has 0 aromatic heterocycles. The normalized spacial score (nSPS) is 18.2. The Bertz CT molecular complexity index is 464. The van der Waals surface area contributed by atoms with Gasteiger partial charge in [0.15, 0.2) is 0 Å². The van der Waals surface area contributed by atoms with Gasteiger partial charge in [-0.2, -0.15) is 0 Å². The Balaban J connectivity index is 2.40. The number of methoxy groups -OCH3 is 2. The molecular weight excluding hydrogens is 246 g/mol. The summed E-state index contributed by atoms with van der Waals surface area (Å²) in [5.41, 5.74) is 0.376. The lowest BCUT2D eigenvalue weighted by atomic mass is 10.1. The minimum Gasteiger partial charge on any atom is -0.496 e. The number of benzene rings is 1. The molecule has 1 unspecified atom stereocenters. The number of hydrogen-bond donors (Lipinski definition) is 0. The molecule has 1 amide bonds. The van der Waals surface area contributed by atoms with Crippen LogP contribution in [0.4, 0.5) is 0 Å². The lowest BCUT2D eigenvalue weighted by Gasteiger charge is -2.22. The summed E-state index contributed by atoms with van der Waals surface area (Å²) in [5, 5.41) is 0. The minimum atomic E-state index is -0.345. The molecule has 1 saturated heterocycles. The maximum Gasteiger partial charge on any atom is 0.262 e. The Labute approximate surface area is 112 Å². The third-order valence-corrected chi connectivity index (χ3v) is 3.36. The largest absolute Gasteiger partial charge is 0.496 e. The van der Waals surface area contributed by atoms with Crippen LogP contribution in [0.25, 0.3) is 0 Å². The second-order valence-electron chi connectivity index (χ2n) is 4.38. The summed E-state index contributed by atoms with van der Waals surface area (Å²) in [4.78, 5) is 25.2. The minimum absolute atomic E-state index is 0.219. The molecule has 5 heteroatoms. The van der Waals surface area contributed by atoms with Crippen LogP contribution in [-0.4, -0.2) is 43.9 Å². The molecule has 0 aliphatic carbocycles. The lowest BCUT2D eigenvalue weighted by Crippen LogP contribution is -2.36. The maximum absolute atomic E-state index is 12.6. The van der Waals surface area contributed by atoms with Crippen LogP contribution in [0.15, 0.2) is 18.2 Å². The first-order valence-electron chi connectivity index (χ1n) is 6.20. The predicted molar refractivity (Wildman–Crippen MR) is 69.7 cm³/mol. The van der Waals surface area contributed by atoms with Crippen molar-refractivity contribution in [2.24, 2.45) is 0 Å². The average molecular weight is 263 g/mol. The number of carbonyl (C=O) groups excluding carboxylic acids is 2. The number of amides is 1. The molecule has 0 saturated carbocycles. The van der Waals surface area contributed by atoms with Gasteiger partial charge < -0.3 is 19.2 Å². The zero-order valence-electron chi connectivity index (χ0n) is 11.1. The highest BCUT2D eigenvalue weighted by atomic mass is 16.5. The Morgan fingerprint density at radius 2 is 1.95 bits per heavy atom. The second kappa shape index (κ2) is 5.73. The van der Waals surface area contributed by atoms with Crippen LogP contribution in [0.1, 0.15) is 23.2 Å². The first-order chi connectivity index (χ1) is 9.22. The first-order valence-corrected chi connectivity index (χ1v) is 6.20. The van der Waals surface area contributed by atoms with Crippen molar-refractivity contribution in [3.8, 4) is 11.5 Å². The molecule has 0 N–H and O–H groups in total. The lowest BCUT2D eigenvalue weighted by molar-refractivity contribution is -0.111. The van der Waals surface area contributed by atoms with Crippen molar-refractivity contribution < 1.29 is 19.1 Å². The zero-order valence-corrected chi connectivity index (χ0v) is 11.1. The summed E-state index contributed by atoms with van der Waals surface area (Å²) >= 11 is 0. The SMILES string of the molecule is COc1cccc(OC)c1C(=O)N1CCCC1C=O. The van der Waals surface area contributed by atoms with E-state index < -0.39 is 0 Å². The van der Waals surface area contributed by atoms with E-state index in [1.165, 1.54) is 14.2 Å². The van der Waals surface area contributed by atoms with Gasteiger partial charge in [0.2, 0.25) is 0 Å². The van der Waals surface area contributed by atoms with Gasteiger partial charge in [0.05, 0.1) is 20.3 Å². The molecule has 1 atom stereocenters. The van der Waals surface area contributed by atoms with E-state index in [0.29, 0.717) is 30.0 Å². The Kier molecular flexibility index (Phi) is 4.04. The zero-order chi connectivity index (χ0) is 13.8. The summed E-state index contributed by atoms with van der Waals surface area (Å²) < 4.78 is 10.4. The predicted octanol–water partition coefficient (Wildman–Crippen LogP) is 1.51. The Morgan fingerprint density at radius 3 is 2.47 bits per heavy atom. The molecule has 19 heavy (non-hydrogen) atoms. The van der Waals surface area contributed by atoms with Gasteiger partial charge in [-0.15, -0.1) is 0 Å². The highest BCUT2D eigenvalue weighted by molar-refractivity contribution is 6.01. The van der Waals surface area contributed by atoms with Crippen LogP contribution in [-0.2, 0) is 4.79 Å². The van der Waals surface area contributed by atoms with E-state index in [0.717, 1.165) is 12.7 Å². The molecule has 102 valence electrons. The Morgan fingerprint density at radius 1 is 1.32 bits per heavy atom. The van der Waals surface area contributed by atoms with Gasteiger partial charge in [-0.1, -0.05) is 6.07 Å². The van der Waals surface area contributed by atoms with Crippen molar-refractivity contribution in [2.45, 2.75) is 18.9 Å². The summed E-state index contributed by atoms with van der Waals surface area (Å²) in [6, 6.07) is 4.83. The van der Waals surface area contributed by atoms with Crippen LogP contribution in [0.5, 0.6) is 11.5 Å². The van der Waals surface area contributed by atoms with Gasteiger partial charge in [0, 0.05) is 6.54 Å². The van der Waals surface area contributed by atoms with Crippen LogP contribution < -0.4 is 9.47 Å². The molecule has 1 aromatic carbocycles. The highest BCUT2D eigenvalue weighted by Crippen LogP contribution is 2.31. The van der Waals surface area contributed by atoms with Crippen LogP contribution >= 0.6 is 0 Å². The standard InChI is InChI=1S/C14H17NO4/c1-18-11-6-3-7-12(19-2)13(11)14(17)15-8-4-5-10(15)9-16/h3,6-7,9-10H,4-5,8H2,1-2H3. The monoisotopic (exact) mass is 263 g/mol. The summed E-state index contributed by atoms with van der Waals surface area (Å²) in [6.45, 7) is 0.587. The van der Waals surface area contributed by atoms with E-state index in [1.807, 2.05) is 0 Å². The summed E-state index contributed by atoms with van der Waals surface area (Å²) in [6.07, 6.45) is 2.38. The smallest absolute Gasteiger partial charge is 0.262 e. The number of ether oxygens (including phenoxy) is 2. The number of nitrogens with zero attached hydrogens (tertiary/aromatic N) is 1. The van der Waals surface area contributed by atoms with E-state index in [9.17, 15) is 9.59 Å². The fourth-order valence-corrected chi connectivity index (χ4v) is 2.39. The van der Waals surface area contributed by atoms with Crippen molar-refractivity contribution in [3.05, 3.63) is 23.8 Å². The van der Waals surface area contributed by atoms with Crippen LogP contribution in [0.3, 0.4) is 0 Å². The summed E-state index contributed by atoms with van der Waals surface area (Å²) in [5.74, 6) is 0.700. The number of likely N-dealkylation sites (tertiary alicyclic amines) is 1. The quantitative estimate of drug-likeness (QED) is 0.773. The third-order valence-electron chi connectivity index (χ3n) is 3.36. The average Bonchev–Trinajstić information content (AvgIpc) is 2.93. The van der Waals surface area contributed by atoms with E-state index in [4.69, 9.17) is 9.47 Å². The number of carbonyl (C=O) groups is 2. The van der Waals surface area contributed by atoms with Crippen molar-refractivity contribution in [3.63, 3.8) is 0 Å². The van der Waals surface area contributed by atoms with Crippen molar-refractivity contribution >= 4 is 12.2 Å². The molecule has 1 aliphatic heterocycles. The number of rotatable bonds is 4. The fraction of sp³-hybridized carbons (Fsp3) is 0.429. The van der Waals surface area contributed by atoms with Crippen molar-refractivity contribution in [1.29, 1.82) is 0 Å². The highest BCUT2D eigenvalue weighted by Gasteiger charge is 2.32. The Hall–Kier alpha value is -2.04. The maximum atomic E-state index is 12.6. The topological polar surface area (TPSA) is 55.8 Å². The molecule has 1 fully saturated rings. The molecule has 1 heterocycles. The number of aldehydes is 1. The van der Waals surface area contributed by atoms with Crippen LogP contribution in [0, 0.1) is 0 Å². The molecule has 5 nitrogen and oxygen atoms in total. The second-order valence-corrected chi connectivity index (χ2v) is 4.38. The van der Waals surface area contributed by atoms with Gasteiger partial charge in [0.1, 0.15) is 23.3 Å². The van der Waals surface area contributed by atoms with Crippen molar-refractivity contribution in [2.75, 3.05) is 20.8 Å². The number of hydrogen-bond acceptors (Lipinski definition) is 4. The van der Waals surface area contributed by atoms with E-state index >= 15 is 0 Å². The van der Waals surface area contributed by atoms with E-state index in [1.54, 1.807) is 23.1 Å². The first kappa shape index (κ1) is 13.4. The molecule has 1 aliphatic rings. The molecule has 1 aromatic rings. The van der Waals surface area contributed by atoms with Gasteiger partial charge in [-0.25, -0.2) is 0 Å². The van der Waals surface area contributed by atoms with Gasteiger partial charge in [-0.05, 0) is 25.0 Å². The van der Waals surface area contributed by atoms with E-state index in [2.05, 4.69) is 0 Å². The van der Waals surface area contributed by atoms with Gasteiger partial charge in [0.25, 0.3) is 5.91 Å². The molecular formula is C14H17NO4. The molecule has 0 bridgehead atoms. The van der Waals surface area contributed by atoms with E-state index in [-0.39, 0.29) is 11.9 Å². The van der Waals surface area contributed by atoms with Gasteiger partial charge >= 0.3 is 0 Å². The fourth-order valence-electron chi connectivity index (χ4n) is 2.39.